The van der Waals surface area contributed by atoms with Crippen LogP contribution in [-0.4, -0.2) is 10.9 Å². The van der Waals surface area contributed by atoms with Crippen LogP contribution >= 0.6 is 15.9 Å². The summed E-state index contributed by atoms with van der Waals surface area (Å²) in [6.07, 6.45) is 0.996. The second-order valence-corrected chi connectivity index (χ2v) is 4.30. The number of rotatable bonds is 2. The summed E-state index contributed by atoms with van der Waals surface area (Å²) in [6.45, 7) is 0. The van der Waals surface area contributed by atoms with E-state index >= 15 is 0 Å². The molecule has 0 aliphatic heterocycles. The Labute approximate surface area is 110 Å². The van der Waals surface area contributed by atoms with E-state index in [9.17, 15) is 13.6 Å². The number of anilines is 1. The number of carbonyl (C=O) groups is 1. The number of aromatic nitrogens is 1. The number of pyridine rings is 1. The molecule has 92 valence electrons. The van der Waals surface area contributed by atoms with E-state index in [1.165, 1.54) is 30.3 Å². The van der Waals surface area contributed by atoms with Gasteiger partial charge >= 0.3 is 0 Å². The lowest BCUT2D eigenvalue weighted by atomic mass is 10.2. The molecule has 0 radical (unpaired) electrons. The number of benzene rings is 1. The molecular weight excluding hydrogens is 306 g/mol. The van der Waals surface area contributed by atoms with Gasteiger partial charge < -0.3 is 5.32 Å². The molecule has 1 aromatic heterocycles. The molecule has 1 aromatic carbocycles. The first-order chi connectivity index (χ1) is 8.56. The molecular formula is C12H7BrF2N2O. The van der Waals surface area contributed by atoms with Crippen LogP contribution in [0, 0.1) is 11.6 Å². The number of nitrogens with one attached hydrogen (secondary N) is 1. The minimum Gasteiger partial charge on any atom is -0.307 e. The molecule has 0 bridgehead atoms. The van der Waals surface area contributed by atoms with Crippen molar-refractivity contribution in [3.63, 3.8) is 0 Å². The quantitative estimate of drug-likeness (QED) is 0.923. The molecule has 0 saturated carbocycles. The maximum Gasteiger partial charge on any atom is 0.256 e. The Morgan fingerprint density at radius 1 is 1.22 bits per heavy atom. The third-order valence-corrected chi connectivity index (χ3v) is 2.76. The van der Waals surface area contributed by atoms with Gasteiger partial charge in [-0.1, -0.05) is 0 Å². The molecule has 6 heteroatoms. The number of hydrogen-bond donors (Lipinski definition) is 1. The summed E-state index contributed by atoms with van der Waals surface area (Å²) in [5, 5.41) is 2.47. The van der Waals surface area contributed by atoms with Crippen LogP contribution in [-0.2, 0) is 0 Å². The Balaban J connectivity index is 2.16. The molecule has 1 heterocycles. The van der Waals surface area contributed by atoms with Gasteiger partial charge in [-0.15, -0.1) is 0 Å². The van der Waals surface area contributed by atoms with Crippen molar-refractivity contribution in [2.75, 3.05) is 5.32 Å². The number of carbonyl (C=O) groups excluding carboxylic acids is 1. The lowest BCUT2D eigenvalue weighted by molar-refractivity contribution is 0.102. The zero-order chi connectivity index (χ0) is 13.1. The van der Waals surface area contributed by atoms with Crippen LogP contribution in [0.15, 0.2) is 41.0 Å². The molecule has 3 nitrogen and oxygen atoms in total. The Morgan fingerprint density at radius 2 is 2.00 bits per heavy atom. The van der Waals surface area contributed by atoms with Crippen molar-refractivity contribution in [3.05, 3.63) is 58.2 Å². The molecule has 0 aliphatic rings. The van der Waals surface area contributed by atoms with Crippen molar-refractivity contribution in [3.8, 4) is 0 Å². The first-order valence-electron chi connectivity index (χ1n) is 4.94. The average Bonchev–Trinajstić information content (AvgIpc) is 2.35. The topological polar surface area (TPSA) is 42.0 Å². The van der Waals surface area contributed by atoms with E-state index in [0.29, 0.717) is 0 Å². The molecule has 0 aliphatic carbocycles. The van der Waals surface area contributed by atoms with Gasteiger partial charge in [0.15, 0.2) is 0 Å². The average molecular weight is 313 g/mol. The zero-order valence-corrected chi connectivity index (χ0v) is 10.5. The van der Waals surface area contributed by atoms with E-state index in [1.807, 2.05) is 0 Å². The summed E-state index contributed by atoms with van der Waals surface area (Å²) in [5.74, 6) is -1.17. The van der Waals surface area contributed by atoms with Crippen molar-refractivity contribution >= 4 is 27.7 Å². The Morgan fingerprint density at radius 3 is 2.61 bits per heavy atom. The van der Waals surface area contributed by atoms with Gasteiger partial charge in [0.25, 0.3) is 5.91 Å². The second-order valence-electron chi connectivity index (χ2n) is 3.44. The van der Waals surface area contributed by atoms with Crippen molar-refractivity contribution in [2.24, 2.45) is 0 Å². The van der Waals surface area contributed by atoms with Gasteiger partial charge in [0.05, 0.1) is 10.7 Å². The largest absolute Gasteiger partial charge is 0.307 e. The van der Waals surface area contributed by atoms with E-state index in [4.69, 9.17) is 0 Å². The van der Waals surface area contributed by atoms with Gasteiger partial charge in [0.1, 0.15) is 17.5 Å². The summed E-state index contributed by atoms with van der Waals surface area (Å²) in [7, 11) is 0. The van der Waals surface area contributed by atoms with E-state index < -0.39 is 17.5 Å². The van der Waals surface area contributed by atoms with Gasteiger partial charge in [0.2, 0.25) is 0 Å². The van der Waals surface area contributed by atoms with Gasteiger partial charge in [-0.05, 0) is 46.3 Å². The Hall–Kier alpha value is -1.82. The van der Waals surface area contributed by atoms with Crippen molar-refractivity contribution in [1.82, 2.24) is 4.98 Å². The van der Waals surface area contributed by atoms with Gasteiger partial charge in [0, 0.05) is 5.56 Å². The molecule has 1 N–H and O–H groups in total. The van der Waals surface area contributed by atoms with Crippen LogP contribution in [0.2, 0.25) is 0 Å². The highest BCUT2D eigenvalue weighted by Crippen LogP contribution is 2.17. The van der Waals surface area contributed by atoms with Crippen molar-refractivity contribution < 1.29 is 13.6 Å². The molecule has 0 fully saturated rings. The van der Waals surface area contributed by atoms with Gasteiger partial charge in [-0.25, -0.2) is 13.8 Å². The summed E-state index contributed by atoms with van der Waals surface area (Å²) in [5.41, 5.74) is 0.273. The third-order valence-electron chi connectivity index (χ3n) is 2.15. The Kier molecular flexibility index (Phi) is 3.66. The van der Waals surface area contributed by atoms with Crippen LogP contribution in [0.5, 0.6) is 0 Å². The lowest BCUT2D eigenvalue weighted by Gasteiger charge is -2.04. The zero-order valence-electron chi connectivity index (χ0n) is 8.95. The first kappa shape index (κ1) is 12.6. The fourth-order valence-corrected chi connectivity index (χ4v) is 1.65. The summed E-state index contributed by atoms with van der Waals surface area (Å²) in [6, 6.07) is 6.40. The molecule has 18 heavy (non-hydrogen) atoms. The summed E-state index contributed by atoms with van der Waals surface area (Å²) >= 11 is 2.99. The first-order valence-corrected chi connectivity index (χ1v) is 5.73. The highest BCUT2D eigenvalue weighted by molar-refractivity contribution is 9.10. The van der Waals surface area contributed by atoms with Crippen LogP contribution in [0.1, 0.15) is 10.4 Å². The van der Waals surface area contributed by atoms with Crippen molar-refractivity contribution in [1.29, 1.82) is 0 Å². The predicted octanol–water partition coefficient (Wildman–Crippen LogP) is 3.37. The number of halogens is 3. The fraction of sp³-hybridized carbons (Fsp3) is 0. The normalized spacial score (nSPS) is 10.2. The second kappa shape index (κ2) is 5.22. The van der Waals surface area contributed by atoms with E-state index in [0.717, 1.165) is 6.20 Å². The van der Waals surface area contributed by atoms with Gasteiger partial charge in [-0.3, -0.25) is 4.79 Å². The monoisotopic (exact) mass is 312 g/mol. The van der Waals surface area contributed by atoms with E-state index in [-0.39, 0.29) is 15.9 Å². The molecule has 2 aromatic rings. The third kappa shape index (κ3) is 2.89. The standard InChI is InChI=1S/C12H7BrF2N2O/c13-9-5-7(1-3-10(9)15)12(18)17-11-4-2-8(14)6-16-11/h1-6H,(H,16,17,18). The van der Waals surface area contributed by atoms with Gasteiger partial charge in [-0.2, -0.15) is 0 Å². The van der Waals surface area contributed by atoms with E-state index in [1.54, 1.807) is 0 Å². The SMILES string of the molecule is O=C(Nc1ccc(F)cn1)c1ccc(F)c(Br)c1. The highest BCUT2D eigenvalue weighted by Gasteiger charge is 2.09. The van der Waals surface area contributed by atoms with Crippen molar-refractivity contribution in [2.45, 2.75) is 0 Å². The number of amides is 1. The molecule has 0 saturated heterocycles. The fourth-order valence-electron chi connectivity index (χ4n) is 1.28. The molecule has 2 rings (SSSR count). The number of nitrogens with zero attached hydrogens (tertiary/aromatic N) is 1. The minimum atomic E-state index is -0.488. The van der Waals surface area contributed by atoms with Crippen LogP contribution in [0.3, 0.4) is 0 Å². The minimum absolute atomic E-state index is 0.196. The molecule has 1 amide bonds. The molecule has 0 spiro atoms. The smallest absolute Gasteiger partial charge is 0.256 e. The van der Waals surface area contributed by atoms with Crippen LogP contribution < -0.4 is 5.32 Å². The predicted molar refractivity (Wildman–Crippen MR) is 66.2 cm³/mol. The van der Waals surface area contributed by atoms with Crippen LogP contribution in [0.4, 0.5) is 14.6 Å². The number of hydrogen-bond acceptors (Lipinski definition) is 2. The molecule has 0 atom stereocenters. The molecule has 0 unspecified atom stereocenters. The maximum absolute atomic E-state index is 13.0. The van der Waals surface area contributed by atoms with E-state index in [2.05, 4.69) is 26.2 Å². The summed E-state index contributed by atoms with van der Waals surface area (Å²) < 4.78 is 25.8. The Bertz CT molecular complexity index is 587. The summed E-state index contributed by atoms with van der Waals surface area (Å²) in [4.78, 5) is 15.5. The maximum atomic E-state index is 13.0. The lowest BCUT2D eigenvalue weighted by Crippen LogP contribution is -2.13. The highest BCUT2D eigenvalue weighted by atomic mass is 79.9. The van der Waals surface area contributed by atoms with Crippen LogP contribution in [0.25, 0.3) is 0 Å².